The van der Waals surface area contributed by atoms with Crippen molar-refractivity contribution in [1.82, 2.24) is 14.9 Å². The molecule has 0 saturated carbocycles. The zero-order chi connectivity index (χ0) is 22.1. The number of thiophene rings is 1. The smallest absolute Gasteiger partial charge is 0.262 e. The number of benzene rings is 2. The summed E-state index contributed by atoms with van der Waals surface area (Å²) in [5.74, 6) is 1.76. The van der Waals surface area contributed by atoms with Crippen molar-refractivity contribution in [2.75, 3.05) is 5.75 Å². The first-order valence-electron chi connectivity index (χ1n) is 10.6. The molecule has 0 fully saturated rings. The van der Waals surface area contributed by atoms with Crippen LogP contribution in [0.5, 0.6) is 0 Å². The van der Waals surface area contributed by atoms with E-state index >= 15 is 0 Å². The van der Waals surface area contributed by atoms with Gasteiger partial charge in [0, 0.05) is 10.6 Å². The topological polar surface area (TPSA) is 64.0 Å². The van der Waals surface area contributed by atoms with E-state index < -0.39 is 0 Å². The summed E-state index contributed by atoms with van der Waals surface area (Å²) in [6.07, 6.45) is 2.39. The van der Waals surface area contributed by atoms with Crippen LogP contribution in [0.25, 0.3) is 21.3 Å². The summed E-state index contributed by atoms with van der Waals surface area (Å²) in [5.41, 5.74) is 4.32. The van der Waals surface area contributed by atoms with E-state index in [0.717, 1.165) is 45.0 Å². The minimum Gasteiger partial charge on any atom is -0.348 e. The molecular weight excluding hydrogens is 438 g/mol. The molecule has 0 spiro atoms. The molecule has 0 bridgehead atoms. The van der Waals surface area contributed by atoms with Gasteiger partial charge in [0.05, 0.1) is 17.8 Å². The monoisotopic (exact) mass is 461 g/mol. The highest BCUT2D eigenvalue weighted by Crippen LogP contribution is 2.35. The summed E-state index contributed by atoms with van der Waals surface area (Å²) < 4.78 is 1.43. The predicted octanol–water partition coefficient (Wildman–Crippen LogP) is 4.79. The highest BCUT2D eigenvalue weighted by Gasteiger charge is 2.21. The van der Waals surface area contributed by atoms with Crippen molar-refractivity contribution in [3.05, 3.63) is 87.3 Å². The van der Waals surface area contributed by atoms with Crippen molar-refractivity contribution in [3.8, 4) is 11.1 Å². The third kappa shape index (κ3) is 4.10. The summed E-state index contributed by atoms with van der Waals surface area (Å²) in [6.45, 7) is 1.92. The number of hydrogen-bond donors (Lipinski definition) is 1. The molecular formula is C25H23N3O2S2. The largest absolute Gasteiger partial charge is 0.348 e. The van der Waals surface area contributed by atoms with Gasteiger partial charge >= 0.3 is 0 Å². The highest BCUT2D eigenvalue weighted by molar-refractivity contribution is 7.98. The molecule has 162 valence electrons. The Morgan fingerprint density at radius 1 is 1.12 bits per heavy atom. The number of fused-ring (bicyclic) bond motifs is 3. The Kier molecular flexibility index (Phi) is 5.85. The second-order valence-electron chi connectivity index (χ2n) is 7.94. The van der Waals surface area contributed by atoms with Crippen molar-refractivity contribution < 1.29 is 4.79 Å². The van der Waals surface area contributed by atoms with E-state index in [4.69, 9.17) is 0 Å². The van der Waals surface area contributed by atoms with Gasteiger partial charge in [0.15, 0.2) is 0 Å². The average Bonchev–Trinajstić information content (AvgIpc) is 3.21. The second kappa shape index (κ2) is 8.92. The van der Waals surface area contributed by atoms with Gasteiger partial charge in [0.25, 0.3) is 5.56 Å². The number of rotatable bonds is 5. The molecule has 4 aromatic rings. The first-order valence-corrected chi connectivity index (χ1v) is 12.6. The van der Waals surface area contributed by atoms with Crippen molar-refractivity contribution >= 4 is 39.2 Å². The molecule has 2 aromatic heterocycles. The third-order valence-corrected chi connectivity index (χ3v) is 8.11. The first kappa shape index (κ1) is 21.0. The molecule has 7 heteroatoms. The Hall–Kier alpha value is -2.90. The van der Waals surface area contributed by atoms with Gasteiger partial charge in [-0.3, -0.25) is 14.2 Å². The van der Waals surface area contributed by atoms with Crippen LogP contribution in [0.1, 0.15) is 29.0 Å². The van der Waals surface area contributed by atoms with Gasteiger partial charge in [-0.2, -0.15) is 11.8 Å². The molecule has 1 amide bonds. The van der Waals surface area contributed by atoms with Gasteiger partial charge in [0.2, 0.25) is 5.91 Å². The number of nitrogens with one attached hydrogen (secondary N) is 1. The van der Waals surface area contributed by atoms with Crippen LogP contribution in [-0.2, 0) is 23.5 Å². The Morgan fingerprint density at radius 2 is 1.88 bits per heavy atom. The molecule has 2 aromatic carbocycles. The Balaban J connectivity index is 1.30. The fourth-order valence-electron chi connectivity index (χ4n) is 4.08. The lowest BCUT2D eigenvalue weighted by atomic mass is 10.0. The molecule has 1 atom stereocenters. The summed E-state index contributed by atoms with van der Waals surface area (Å²) in [6, 6.07) is 18.2. The van der Waals surface area contributed by atoms with Gasteiger partial charge in [-0.05, 0) is 41.4 Å². The number of amides is 1. The molecule has 0 aliphatic carbocycles. The molecule has 0 saturated heterocycles. The van der Waals surface area contributed by atoms with Crippen LogP contribution < -0.4 is 10.9 Å². The molecule has 0 unspecified atom stereocenters. The molecule has 0 radical (unpaired) electrons. The third-order valence-electron chi connectivity index (χ3n) is 5.80. The van der Waals surface area contributed by atoms with Crippen molar-refractivity contribution in [2.24, 2.45) is 0 Å². The lowest BCUT2D eigenvalue weighted by molar-refractivity contribution is -0.122. The van der Waals surface area contributed by atoms with Gasteiger partial charge in [0.1, 0.15) is 11.4 Å². The Morgan fingerprint density at radius 3 is 2.66 bits per heavy atom. The van der Waals surface area contributed by atoms with Crippen LogP contribution in [0.2, 0.25) is 0 Å². The molecule has 1 aliphatic heterocycles. The summed E-state index contributed by atoms with van der Waals surface area (Å²) in [5, 5.41) is 3.71. The summed E-state index contributed by atoms with van der Waals surface area (Å²) in [4.78, 5) is 32.3. The number of hydrogen-bond acceptors (Lipinski definition) is 5. The maximum Gasteiger partial charge on any atom is 0.262 e. The van der Waals surface area contributed by atoms with E-state index in [2.05, 4.69) is 34.6 Å². The van der Waals surface area contributed by atoms with E-state index in [-0.39, 0.29) is 24.1 Å². The molecule has 5 rings (SSSR count). The molecule has 1 N–H and O–H groups in total. The van der Waals surface area contributed by atoms with Gasteiger partial charge in [-0.25, -0.2) is 4.98 Å². The van der Waals surface area contributed by atoms with Gasteiger partial charge in [-0.1, -0.05) is 54.6 Å². The average molecular weight is 462 g/mol. The standard InChI is InChI=1S/C25H23N3O2S2/c1-16(17-7-9-19(10-8-17)18-5-3-2-4-6-18)27-22(29)13-28-15-26-24-23(25(28)30)20-11-12-31-14-21(20)32-24/h2-10,15-16H,11-14H2,1H3,(H,27,29)/t16-/m1/s1. The minimum atomic E-state index is -0.201. The van der Waals surface area contributed by atoms with Crippen LogP contribution in [-0.4, -0.2) is 21.2 Å². The van der Waals surface area contributed by atoms with E-state index in [0.29, 0.717) is 5.39 Å². The lowest BCUT2D eigenvalue weighted by Crippen LogP contribution is -2.34. The lowest BCUT2D eigenvalue weighted by Gasteiger charge is -2.16. The van der Waals surface area contributed by atoms with Crippen LogP contribution >= 0.6 is 23.1 Å². The number of carbonyl (C=O) groups is 1. The number of aryl methyl sites for hydroxylation is 1. The zero-order valence-electron chi connectivity index (χ0n) is 17.7. The normalized spacial score (nSPS) is 14.2. The van der Waals surface area contributed by atoms with Crippen LogP contribution in [0.3, 0.4) is 0 Å². The van der Waals surface area contributed by atoms with E-state index in [1.165, 1.54) is 15.8 Å². The van der Waals surface area contributed by atoms with Crippen molar-refractivity contribution in [2.45, 2.75) is 31.7 Å². The predicted molar refractivity (Wildman–Crippen MR) is 132 cm³/mol. The first-order chi connectivity index (χ1) is 15.6. The van der Waals surface area contributed by atoms with Gasteiger partial charge in [-0.15, -0.1) is 11.3 Å². The fourth-order valence-corrected chi connectivity index (χ4v) is 6.39. The van der Waals surface area contributed by atoms with E-state index in [1.807, 2.05) is 49.0 Å². The quantitative estimate of drug-likeness (QED) is 0.464. The number of nitrogens with zero attached hydrogens (tertiary/aromatic N) is 2. The van der Waals surface area contributed by atoms with Crippen molar-refractivity contribution in [3.63, 3.8) is 0 Å². The molecule has 5 nitrogen and oxygen atoms in total. The maximum absolute atomic E-state index is 13.1. The Bertz CT molecular complexity index is 1330. The van der Waals surface area contributed by atoms with Crippen LogP contribution in [0, 0.1) is 0 Å². The van der Waals surface area contributed by atoms with E-state index in [9.17, 15) is 9.59 Å². The van der Waals surface area contributed by atoms with Crippen LogP contribution in [0.15, 0.2) is 65.7 Å². The molecule has 32 heavy (non-hydrogen) atoms. The van der Waals surface area contributed by atoms with Crippen molar-refractivity contribution in [1.29, 1.82) is 0 Å². The number of carbonyl (C=O) groups excluding carboxylic acids is 1. The summed E-state index contributed by atoms with van der Waals surface area (Å²) in [7, 11) is 0. The highest BCUT2D eigenvalue weighted by atomic mass is 32.2. The zero-order valence-corrected chi connectivity index (χ0v) is 19.3. The number of aromatic nitrogens is 2. The van der Waals surface area contributed by atoms with Gasteiger partial charge < -0.3 is 5.32 Å². The summed E-state index contributed by atoms with van der Waals surface area (Å²) >= 11 is 3.49. The molecule has 3 heterocycles. The molecule has 1 aliphatic rings. The Labute approximate surface area is 194 Å². The second-order valence-corrected chi connectivity index (χ2v) is 10.1. The minimum absolute atomic E-state index is 0.0341. The number of thioether (sulfide) groups is 1. The van der Waals surface area contributed by atoms with Crippen LogP contribution in [0.4, 0.5) is 0 Å². The SMILES string of the molecule is C[C@@H](NC(=O)Cn1cnc2sc3c(c2c1=O)CCSC3)c1ccc(-c2ccccc2)cc1. The van der Waals surface area contributed by atoms with E-state index in [1.54, 1.807) is 11.3 Å². The fraction of sp³-hybridized carbons (Fsp3) is 0.240. The maximum atomic E-state index is 13.1.